The Kier molecular flexibility index (Phi) is 5.28. The minimum atomic E-state index is -0.133. The Balaban J connectivity index is 1.62. The minimum Gasteiger partial charge on any atom is -0.488 e. The maximum absolute atomic E-state index is 12.7. The summed E-state index contributed by atoms with van der Waals surface area (Å²) in [7, 11) is 0. The van der Waals surface area contributed by atoms with Gasteiger partial charge in [-0.05, 0) is 49.2 Å². The first-order valence-corrected chi connectivity index (χ1v) is 8.35. The molecule has 2 aromatic rings. The van der Waals surface area contributed by atoms with Crippen LogP contribution in [-0.2, 0) is 4.79 Å². The number of piperidine rings is 1. The highest BCUT2D eigenvalue weighted by Gasteiger charge is 2.25. The standard InChI is InChI=1S/C19H21N3O3/c1-14(23)21-16-6-4-15(5-7-16)19(24)22-12-2-3-18(13-22)25-17-8-10-20-11-9-17/h4-11,18H,2-3,12-13H2,1H3,(H,21,23)/t18-/m0/s1. The fraction of sp³-hybridized carbons (Fsp3) is 0.316. The first-order valence-electron chi connectivity index (χ1n) is 8.35. The molecule has 25 heavy (non-hydrogen) atoms. The van der Waals surface area contributed by atoms with Crippen molar-refractivity contribution in [3.05, 3.63) is 54.4 Å². The third-order valence-electron chi connectivity index (χ3n) is 4.07. The fourth-order valence-corrected chi connectivity index (χ4v) is 2.91. The molecule has 1 fully saturated rings. The molecule has 1 aliphatic heterocycles. The van der Waals surface area contributed by atoms with E-state index < -0.39 is 0 Å². The molecule has 6 nitrogen and oxygen atoms in total. The van der Waals surface area contributed by atoms with E-state index in [0.29, 0.717) is 17.8 Å². The Morgan fingerprint density at radius 2 is 1.88 bits per heavy atom. The maximum atomic E-state index is 12.7. The molecule has 0 radical (unpaired) electrons. The van der Waals surface area contributed by atoms with Gasteiger partial charge in [0, 0.05) is 37.1 Å². The largest absolute Gasteiger partial charge is 0.488 e. The molecule has 1 saturated heterocycles. The highest BCUT2D eigenvalue weighted by molar-refractivity contribution is 5.95. The summed E-state index contributed by atoms with van der Waals surface area (Å²) in [6.45, 7) is 2.74. The molecule has 1 N–H and O–H groups in total. The topological polar surface area (TPSA) is 71.5 Å². The third kappa shape index (κ3) is 4.56. The molecule has 130 valence electrons. The average Bonchev–Trinajstić information content (AvgIpc) is 2.62. The number of anilines is 1. The Hall–Kier alpha value is -2.89. The van der Waals surface area contributed by atoms with Crippen molar-refractivity contribution in [2.24, 2.45) is 0 Å². The van der Waals surface area contributed by atoms with Crippen molar-refractivity contribution < 1.29 is 14.3 Å². The summed E-state index contributed by atoms with van der Waals surface area (Å²) in [5.41, 5.74) is 1.29. The van der Waals surface area contributed by atoms with Crippen molar-refractivity contribution >= 4 is 17.5 Å². The van der Waals surface area contributed by atoms with Crippen molar-refractivity contribution in [2.45, 2.75) is 25.9 Å². The van der Waals surface area contributed by atoms with Crippen LogP contribution in [0.4, 0.5) is 5.69 Å². The molecule has 0 unspecified atom stereocenters. The molecule has 1 aromatic carbocycles. The van der Waals surface area contributed by atoms with Gasteiger partial charge < -0.3 is 15.0 Å². The van der Waals surface area contributed by atoms with Crippen LogP contribution in [0.3, 0.4) is 0 Å². The number of rotatable bonds is 4. The van der Waals surface area contributed by atoms with E-state index in [1.54, 1.807) is 36.7 Å². The smallest absolute Gasteiger partial charge is 0.253 e. The van der Waals surface area contributed by atoms with Crippen LogP contribution in [-0.4, -0.2) is 40.9 Å². The summed E-state index contributed by atoms with van der Waals surface area (Å²) in [4.78, 5) is 29.6. The van der Waals surface area contributed by atoms with Gasteiger partial charge in [-0.15, -0.1) is 0 Å². The summed E-state index contributed by atoms with van der Waals surface area (Å²) in [6, 6.07) is 10.6. The number of amides is 2. The summed E-state index contributed by atoms with van der Waals surface area (Å²) >= 11 is 0. The van der Waals surface area contributed by atoms with Crippen molar-refractivity contribution in [2.75, 3.05) is 18.4 Å². The molecular weight excluding hydrogens is 318 g/mol. The van der Waals surface area contributed by atoms with E-state index in [2.05, 4.69) is 10.3 Å². The number of hydrogen-bond acceptors (Lipinski definition) is 4. The van der Waals surface area contributed by atoms with Crippen LogP contribution in [0.1, 0.15) is 30.1 Å². The lowest BCUT2D eigenvalue weighted by atomic mass is 10.1. The number of pyridine rings is 1. The lowest BCUT2D eigenvalue weighted by Crippen LogP contribution is -2.44. The quantitative estimate of drug-likeness (QED) is 0.930. The average molecular weight is 339 g/mol. The Morgan fingerprint density at radius 3 is 2.56 bits per heavy atom. The first kappa shape index (κ1) is 17.0. The number of hydrogen-bond donors (Lipinski definition) is 1. The van der Waals surface area contributed by atoms with Crippen molar-refractivity contribution in [3.8, 4) is 5.75 Å². The SMILES string of the molecule is CC(=O)Nc1ccc(C(=O)N2CCC[C@H](Oc3ccncc3)C2)cc1. The Bertz CT molecular complexity index is 731. The molecule has 6 heteroatoms. The number of benzene rings is 1. The second kappa shape index (κ2) is 7.79. The zero-order chi connectivity index (χ0) is 17.6. The third-order valence-corrected chi connectivity index (χ3v) is 4.07. The van der Waals surface area contributed by atoms with Gasteiger partial charge in [0.2, 0.25) is 5.91 Å². The van der Waals surface area contributed by atoms with E-state index in [0.717, 1.165) is 25.1 Å². The van der Waals surface area contributed by atoms with Crippen molar-refractivity contribution in [1.82, 2.24) is 9.88 Å². The van der Waals surface area contributed by atoms with Gasteiger partial charge in [-0.2, -0.15) is 0 Å². The molecule has 1 aromatic heterocycles. The Labute approximate surface area is 146 Å². The molecule has 0 bridgehead atoms. The molecule has 1 atom stereocenters. The number of nitrogens with one attached hydrogen (secondary N) is 1. The van der Waals surface area contributed by atoms with Gasteiger partial charge in [-0.1, -0.05) is 0 Å². The normalized spacial score (nSPS) is 17.0. The molecule has 0 aliphatic carbocycles. The van der Waals surface area contributed by atoms with Crippen LogP contribution in [0.5, 0.6) is 5.75 Å². The number of nitrogens with zero attached hydrogens (tertiary/aromatic N) is 2. The van der Waals surface area contributed by atoms with Crippen LogP contribution >= 0.6 is 0 Å². The van der Waals surface area contributed by atoms with Crippen LogP contribution in [0.15, 0.2) is 48.8 Å². The monoisotopic (exact) mass is 339 g/mol. The van der Waals surface area contributed by atoms with Crippen LogP contribution in [0.2, 0.25) is 0 Å². The second-order valence-electron chi connectivity index (χ2n) is 6.07. The minimum absolute atomic E-state index is 0.0150. The zero-order valence-electron chi connectivity index (χ0n) is 14.1. The number of aromatic nitrogens is 1. The molecular formula is C19H21N3O3. The predicted octanol–water partition coefficient (Wildman–Crippen LogP) is 2.72. The van der Waals surface area contributed by atoms with E-state index in [-0.39, 0.29) is 17.9 Å². The summed E-state index contributed by atoms with van der Waals surface area (Å²) < 4.78 is 5.95. The lowest BCUT2D eigenvalue weighted by molar-refractivity contribution is -0.114. The lowest BCUT2D eigenvalue weighted by Gasteiger charge is -2.33. The Morgan fingerprint density at radius 1 is 1.16 bits per heavy atom. The summed E-state index contributed by atoms with van der Waals surface area (Å²) in [6.07, 6.45) is 5.20. The maximum Gasteiger partial charge on any atom is 0.253 e. The van der Waals surface area contributed by atoms with E-state index in [1.807, 2.05) is 17.0 Å². The highest BCUT2D eigenvalue weighted by Crippen LogP contribution is 2.20. The number of carbonyl (C=O) groups is 2. The predicted molar refractivity (Wildman–Crippen MR) is 94.5 cm³/mol. The van der Waals surface area contributed by atoms with Crippen molar-refractivity contribution in [3.63, 3.8) is 0 Å². The fourth-order valence-electron chi connectivity index (χ4n) is 2.91. The number of likely N-dealkylation sites (tertiary alicyclic amines) is 1. The van der Waals surface area contributed by atoms with E-state index in [1.165, 1.54) is 6.92 Å². The van der Waals surface area contributed by atoms with Gasteiger partial charge in [-0.3, -0.25) is 14.6 Å². The molecule has 3 rings (SSSR count). The van der Waals surface area contributed by atoms with Crippen LogP contribution < -0.4 is 10.1 Å². The molecule has 0 spiro atoms. The number of carbonyl (C=O) groups excluding carboxylic acids is 2. The van der Waals surface area contributed by atoms with E-state index in [9.17, 15) is 9.59 Å². The second-order valence-corrected chi connectivity index (χ2v) is 6.07. The highest BCUT2D eigenvalue weighted by atomic mass is 16.5. The van der Waals surface area contributed by atoms with E-state index >= 15 is 0 Å². The van der Waals surface area contributed by atoms with Crippen molar-refractivity contribution in [1.29, 1.82) is 0 Å². The van der Waals surface area contributed by atoms with Gasteiger partial charge in [0.15, 0.2) is 0 Å². The summed E-state index contributed by atoms with van der Waals surface area (Å²) in [5.74, 6) is 0.623. The molecule has 0 saturated carbocycles. The molecule has 2 amide bonds. The van der Waals surface area contributed by atoms with Gasteiger partial charge in [0.25, 0.3) is 5.91 Å². The van der Waals surface area contributed by atoms with Crippen LogP contribution in [0.25, 0.3) is 0 Å². The first-order chi connectivity index (χ1) is 12.1. The van der Waals surface area contributed by atoms with Crippen LogP contribution in [0, 0.1) is 0 Å². The molecule has 2 heterocycles. The van der Waals surface area contributed by atoms with Gasteiger partial charge >= 0.3 is 0 Å². The van der Waals surface area contributed by atoms with Gasteiger partial charge in [-0.25, -0.2) is 0 Å². The summed E-state index contributed by atoms with van der Waals surface area (Å²) in [5, 5.41) is 2.70. The number of ether oxygens (including phenoxy) is 1. The van der Waals surface area contributed by atoms with Gasteiger partial charge in [0.05, 0.1) is 6.54 Å². The van der Waals surface area contributed by atoms with Gasteiger partial charge in [0.1, 0.15) is 11.9 Å². The van der Waals surface area contributed by atoms with E-state index in [4.69, 9.17) is 4.74 Å². The zero-order valence-corrected chi connectivity index (χ0v) is 14.1. The molecule has 1 aliphatic rings.